The van der Waals surface area contributed by atoms with Crippen molar-refractivity contribution in [2.75, 3.05) is 29.5 Å². The number of anilines is 3. The van der Waals surface area contributed by atoms with Gasteiger partial charge >= 0.3 is 0 Å². The first-order chi connectivity index (χ1) is 6.65. The molecule has 0 radical (unpaired) electrons. The number of nitrogens with zero attached hydrogens (tertiary/aromatic N) is 3. The minimum absolute atomic E-state index is 0.168. The van der Waals surface area contributed by atoms with Crippen LogP contribution in [0.15, 0.2) is 6.07 Å². The fourth-order valence-corrected chi connectivity index (χ4v) is 1.58. The zero-order chi connectivity index (χ0) is 10.1. The van der Waals surface area contributed by atoms with E-state index in [9.17, 15) is 5.11 Å². The summed E-state index contributed by atoms with van der Waals surface area (Å²) in [6.07, 6.45) is 0.469. The van der Waals surface area contributed by atoms with Crippen molar-refractivity contribution in [2.24, 2.45) is 0 Å². The molecule has 0 bridgehead atoms. The molecular formula is C8H13N5O. The van der Waals surface area contributed by atoms with Crippen molar-refractivity contribution in [1.82, 2.24) is 9.97 Å². The minimum atomic E-state index is -0.285. The van der Waals surface area contributed by atoms with Gasteiger partial charge in [0.05, 0.1) is 6.10 Å². The summed E-state index contributed by atoms with van der Waals surface area (Å²) in [4.78, 5) is 9.78. The molecule has 0 aliphatic carbocycles. The van der Waals surface area contributed by atoms with Crippen LogP contribution >= 0.6 is 0 Å². The summed E-state index contributed by atoms with van der Waals surface area (Å²) in [6, 6.07) is 1.66. The van der Waals surface area contributed by atoms with E-state index in [-0.39, 0.29) is 12.1 Å². The Kier molecular flexibility index (Phi) is 2.12. The van der Waals surface area contributed by atoms with Gasteiger partial charge in [-0.15, -0.1) is 0 Å². The quantitative estimate of drug-likeness (QED) is 0.543. The van der Waals surface area contributed by atoms with Crippen molar-refractivity contribution in [1.29, 1.82) is 0 Å². The zero-order valence-corrected chi connectivity index (χ0v) is 7.72. The van der Waals surface area contributed by atoms with Crippen LogP contribution in [-0.2, 0) is 0 Å². The SMILES string of the molecule is Nc1cc(N2CCC(O)C2)nc(N)n1. The highest BCUT2D eigenvalue weighted by molar-refractivity contribution is 5.51. The molecule has 0 spiro atoms. The van der Waals surface area contributed by atoms with Crippen molar-refractivity contribution in [3.63, 3.8) is 0 Å². The predicted molar refractivity (Wildman–Crippen MR) is 53.7 cm³/mol. The normalized spacial score (nSPS) is 21.5. The average Bonchev–Trinajstić information content (AvgIpc) is 2.50. The maximum atomic E-state index is 9.35. The second-order valence-corrected chi connectivity index (χ2v) is 3.40. The highest BCUT2D eigenvalue weighted by Crippen LogP contribution is 2.20. The highest BCUT2D eigenvalue weighted by Gasteiger charge is 2.21. The Morgan fingerprint density at radius 2 is 2.21 bits per heavy atom. The van der Waals surface area contributed by atoms with Gasteiger partial charge in [-0.05, 0) is 6.42 Å². The van der Waals surface area contributed by atoms with Gasteiger partial charge in [-0.25, -0.2) is 0 Å². The lowest BCUT2D eigenvalue weighted by molar-refractivity contribution is 0.198. The van der Waals surface area contributed by atoms with Gasteiger partial charge in [-0.3, -0.25) is 0 Å². The van der Waals surface area contributed by atoms with Crippen LogP contribution in [-0.4, -0.2) is 34.3 Å². The first-order valence-electron chi connectivity index (χ1n) is 4.48. The van der Waals surface area contributed by atoms with Crippen LogP contribution in [0.5, 0.6) is 0 Å². The lowest BCUT2D eigenvalue weighted by atomic mass is 10.3. The molecule has 0 saturated carbocycles. The summed E-state index contributed by atoms with van der Waals surface area (Å²) >= 11 is 0. The molecule has 5 N–H and O–H groups in total. The monoisotopic (exact) mass is 195 g/mol. The molecule has 1 saturated heterocycles. The van der Waals surface area contributed by atoms with Crippen LogP contribution in [0, 0.1) is 0 Å². The first kappa shape index (κ1) is 9.01. The number of hydrogen-bond donors (Lipinski definition) is 3. The minimum Gasteiger partial charge on any atom is -0.391 e. The van der Waals surface area contributed by atoms with Gasteiger partial charge in [0, 0.05) is 19.2 Å². The fraction of sp³-hybridized carbons (Fsp3) is 0.500. The number of nitrogens with two attached hydrogens (primary N) is 2. The second-order valence-electron chi connectivity index (χ2n) is 3.40. The van der Waals surface area contributed by atoms with Crippen molar-refractivity contribution in [3.8, 4) is 0 Å². The number of β-amino-alcohol motifs (C(OH)–C–C–N with tert-alkyl or cyclic N) is 1. The summed E-state index contributed by atoms with van der Waals surface area (Å²) in [5.41, 5.74) is 11.0. The lowest BCUT2D eigenvalue weighted by Gasteiger charge is -2.16. The van der Waals surface area contributed by atoms with Gasteiger partial charge in [0.2, 0.25) is 5.95 Å². The Morgan fingerprint density at radius 1 is 1.43 bits per heavy atom. The summed E-state index contributed by atoms with van der Waals surface area (Å²) in [6.45, 7) is 1.35. The van der Waals surface area contributed by atoms with Crippen LogP contribution in [0.25, 0.3) is 0 Å². The summed E-state index contributed by atoms with van der Waals surface area (Å²) in [7, 11) is 0. The number of aliphatic hydroxyl groups is 1. The zero-order valence-electron chi connectivity index (χ0n) is 7.72. The Labute approximate surface area is 81.6 Å². The van der Waals surface area contributed by atoms with E-state index >= 15 is 0 Å². The molecule has 2 heterocycles. The topological polar surface area (TPSA) is 101 Å². The van der Waals surface area contributed by atoms with Crippen LogP contribution in [0.4, 0.5) is 17.6 Å². The van der Waals surface area contributed by atoms with Crippen LogP contribution in [0.1, 0.15) is 6.42 Å². The molecule has 14 heavy (non-hydrogen) atoms. The van der Waals surface area contributed by atoms with E-state index in [0.29, 0.717) is 18.2 Å². The maximum absolute atomic E-state index is 9.35. The second kappa shape index (κ2) is 3.30. The molecule has 1 atom stereocenters. The van der Waals surface area contributed by atoms with Gasteiger partial charge in [-0.1, -0.05) is 0 Å². The van der Waals surface area contributed by atoms with E-state index in [2.05, 4.69) is 9.97 Å². The van der Waals surface area contributed by atoms with Gasteiger partial charge in [-0.2, -0.15) is 9.97 Å². The molecule has 1 aromatic heterocycles. The van der Waals surface area contributed by atoms with Crippen molar-refractivity contribution in [3.05, 3.63) is 6.07 Å². The number of aromatic nitrogens is 2. The molecule has 0 aromatic carbocycles. The third-order valence-corrected chi connectivity index (χ3v) is 2.24. The fourth-order valence-electron chi connectivity index (χ4n) is 1.58. The van der Waals surface area contributed by atoms with E-state index in [1.165, 1.54) is 0 Å². The maximum Gasteiger partial charge on any atom is 0.223 e. The van der Waals surface area contributed by atoms with Crippen LogP contribution in [0.2, 0.25) is 0 Å². The number of rotatable bonds is 1. The molecule has 1 aliphatic rings. The molecule has 1 aliphatic heterocycles. The average molecular weight is 195 g/mol. The third kappa shape index (κ3) is 1.69. The Bertz CT molecular complexity index is 322. The number of nitrogen functional groups attached to an aromatic ring is 2. The molecule has 1 fully saturated rings. The Morgan fingerprint density at radius 3 is 2.79 bits per heavy atom. The van der Waals surface area contributed by atoms with Crippen molar-refractivity contribution < 1.29 is 5.11 Å². The van der Waals surface area contributed by atoms with Crippen LogP contribution < -0.4 is 16.4 Å². The van der Waals surface area contributed by atoms with E-state index < -0.39 is 0 Å². The molecule has 6 nitrogen and oxygen atoms in total. The molecule has 76 valence electrons. The van der Waals surface area contributed by atoms with E-state index in [4.69, 9.17) is 11.5 Å². The Hall–Kier alpha value is -1.56. The summed E-state index contributed by atoms with van der Waals surface area (Å²) in [5, 5.41) is 9.35. The van der Waals surface area contributed by atoms with E-state index in [1.807, 2.05) is 4.90 Å². The largest absolute Gasteiger partial charge is 0.391 e. The van der Waals surface area contributed by atoms with E-state index in [0.717, 1.165) is 13.0 Å². The summed E-state index contributed by atoms with van der Waals surface area (Å²) < 4.78 is 0. The molecule has 1 aromatic rings. The van der Waals surface area contributed by atoms with Crippen LogP contribution in [0.3, 0.4) is 0 Å². The van der Waals surface area contributed by atoms with Gasteiger partial charge < -0.3 is 21.5 Å². The molecule has 1 unspecified atom stereocenters. The van der Waals surface area contributed by atoms with Crippen molar-refractivity contribution >= 4 is 17.6 Å². The Balaban J connectivity index is 2.23. The van der Waals surface area contributed by atoms with Gasteiger partial charge in [0.1, 0.15) is 11.6 Å². The molecular weight excluding hydrogens is 182 g/mol. The predicted octanol–water partition coefficient (Wildman–Crippen LogP) is -0.788. The first-order valence-corrected chi connectivity index (χ1v) is 4.48. The van der Waals surface area contributed by atoms with E-state index in [1.54, 1.807) is 6.07 Å². The number of hydrogen-bond acceptors (Lipinski definition) is 6. The standard InChI is InChI=1S/C8H13N5O/c9-6-3-7(12-8(10)11-6)13-2-1-5(14)4-13/h3,5,14H,1-2,4H2,(H4,9,10,11,12). The van der Waals surface area contributed by atoms with Crippen molar-refractivity contribution in [2.45, 2.75) is 12.5 Å². The van der Waals surface area contributed by atoms with Gasteiger partial charge in [0.15, 0.2) is 0 Å². The highest BCUT2D eigenvalue weighted by atomic mass is 16.3. The molecule has 2 rings (SSSR count). The molecule has 0 amide bonds. The lowest BCUT2D eigenvalue weighted by Crippen LogP contribution is -2.23. The number of aliphatic hydroxyl groups excluding tert-OH is 1. The van der Waals surface area contributed by atoms with Gasteiger partial charge in [0.25, 0.3) is 0 Å². The molecule has 6 heteroatoms. The third-order valence-electron chi connectivity index (χ3n) is 2.24. The smallest absolute Gasteiger partial charge is 0.223 e. The summed E-state index contributed by atoms with van der Waals surface area (Å²) in [5.74, 6) is 1.21.